The van der Waals surface area contributed by atoms with Crippen molar-refractivity contribution < 1.29 is 4.39 Å². The van der Waals surface area contributed by atoms with Crippen molar-refractivity contribution in [3.05, 3.63) is 35.6 Å². The van der Waals surface area contributed by atoms with Crippen LogP contribution in [-0.2, 0) is 0 Å². The van der Waals surface area contributed by atoms with Crippen molar-refractivity contribution in [3.8, 4) is 0 Å². The fourth-order valence-corrected chi connectivity index (χ4v) is 3.83. The quantitative estimate of drug-likeness (QED) is 0.793. The second kappa shape index (κ2) is 6.26. The van der Waals surface area contributed by atoms with E-state index in [1.54, 1.807) is 6.07 Å². The minimum absolute atomic E-state index is 0.101. The van der Waals surface area contributed by atoms with Crippen molar-refractivity contribution in [1.29, 1.82) is 0 Å². The molecule has 110 valence electrons. The molecule has 2 aliphatic rings. The molecule has 1 N–H and O–H groups in total. The van der Waals surface area contributed by atoms with Crippen LogP contribution in [0.3, 0.4) is 0 Å². The lowest BCUT2D eigenvalue weighted by Crippen LogP contribution is -2.47. The lowest BCUT2D eigenvalue weighted by Gasteiger charge is -2.40. The molecular formula is C18H26FN. The summed E-state index contributed by atoms with van der Waals surface area (Å²) in [6.45, 7) is 2.39. The Morgan fingerprint density at radius 1 is 1.10 bits per heavy atom. The maximum atomic E-state index is 13.2. The van der Waals surface area contributed by atoms with Gasteiger partial charge in [-0.1, -0.05) is 38.3 Å². The molecule has 0 bridgehead atoms. The molecule has 3 rings (SSSR count). The first kappa shape index (κ1) is 14.1. The topological polar surface area (TPSA) is 12.0 Å². The van der Waals surface area contributed by atoms with E-state index in [1.807, 2.05) is 6.07 Å². The van der Waals surface area contributed by atoms with Gasteiger partial charge in [-0.15, -0.1) is 0 Å². The van der Waals surface area contributed by atoms with E-state index in [4.69, 9.17) is 0 Å². The first-order valence-corrected chi connectivity index (χ1v) is 8.24. The van der Waals surface area contributed by atoms with Crippen LogP contribution in [0.4, 0.5) is 4.39 Å². The number of rotatable bonds is 3. The van der Waals surface area contributed by atoms with Crippen LogP contribution in [0.25, 0.3) is 0 Å². The molecule has 0 amide bonds. The van der Waals surface area contributed by atoms with Crippen LogP contribution >= 0.6 is 0 Å². The van der Waals surface area contributed by atoms with E-state index >= 15 is 0 Å². The first-order valence-electron chi connectivity index (χ1n) is 8.24. The van der Waals surface area contributed by atoms with E-state index in [2.05, 4.69) is 18.3 Å². The highest BCUT2D eigenvalue weighted by atomic mass is 19.1. The molecule has 0 aliphatic heterocycles. The Bertz CT molecular complexity index is 439. The number of hydrogen-bond donors (Lipinski definition) is 1. The molecule has 2 fully saturated rings. The molecule has 1 nitrogen and oxygen atoms in total. The van der Waals surface area contributed by atoms with Crippen molar-refractivity contribution in [2.45, 2.75) is 69.9 Å². The number of halogens is 1. The van der Waals surface area contributed by atoms with Crippen LogP contribution in [0.15, 0.2) is 24.3 Å². The fourth-order valence-electron chi connectivity index (χ4n) is 3.83. The average molecular weight is 275 g/mol. The SMILES string of the molecule is CC1CCCCCC1NC1CC(c2cccc(F)c2)C1. The van der Waals surface area contributed by atoms with Crippen molar-refractivity contribution in [2.24, 2.45) is 5.92 Å². The van der Waals surface area contributed by atoms with E-state index in [-0.39, 0.29) is 5.82 Å². The Balaban J connectivity index is 1.50. The monoisotopic (exact) mass is 275 g/mol. The zero-order chi connectivity index (χ0) is 13.9. The molecule has 20 heavy (non-hydrogen) atoms. The zero-order valence-corrected chi connectivity index (χ0v) is 12.4. The summed E-state index contributed by atoms with van der Waals surface area (Å²) in [4.78, 5) is 0. The molecule has 2 saturated carbocycles. The molecule has 0 saturated heterocycles. The molecule has 1 aromatic carbocycles. The third-order valence-corrected chi connectivity index (χ3v) is 5.27. The highest BCUT2D eigenvalue weighted by molar-refractivity contribution is 5.23. The van der Waals surface area contributed by atoms with Gasteiger partial charge in [-0.3, -0.25) is 0 Å². The normalized spacial score (nSPS) is 34.3. The highest BCUT2D eigenvalue weighted by Crippen LogP contribution is 2.38. The highest BCUT2D eigenvalue weighted by Gasteiger charge is 2.33. The number of benzene rings is 1. The molecular weight excluding hydrogens is 249 g/mol. The summed E-state index contributed by atoms with van der Waals surface area (Å²) in [5.74, 6) is 1.27. The summed E-state index contributed by atoms with van der Waals surface area (Å²) in [6.07, 6.45) is 9.23. The van der Waals surface area contributed by atoms with Crippen molar-refractivity contribution >= 4 is 0 Å². The minimum atomic E-state index is -0.101. The minimum Gasteiger partial charge on any atom is -0.311 e. The molecule has 0 heterocycles. The summed E-state index contributed by atoms with van der Waals surface area (Å²) in [5, 5.41) is 3.87. The Kier molecular flexibility index (Phi) is 4.40. The summed E-state index contributed by atoms with van der Waals surface area (Å²) in [6, 6.07) is 8.49. The molecule has 0 spiro atoms. The second-order valence-electron chi connectivity index (χ2n) is 6.81. The van der Waals surface area contributed by atoms with Crippen LogP contribution in [-0.4, -0.2) is 12.1 Å². The zero-order valence-electron chi connectivity index (χ0n) is 12.4. The van der Waals surface area contributed by atoms with Gasteiger partial charge in [0.2, 0.25) is 0 Å². The van der Waals surface area contributed by atoms with Gasteiger partial charge in [0.05, 0.1) is 0 Å². The molecule has 2 aliphatic carbocycles. The van der Waals surface area contributed by atoms with E-state index in [1.165, 1.54) is 56.6 Å². The van der Waals surface area contributed by atoms with Crippen LogP contribution in [0, 0.1) is 11.7 Å². The van der Waals surface area contributed by atoms with Crippen LogP contribution in [0.2, 0.25) is 0 Å². The Morgan fingerprint density at radius 2 is 1.90 bits per heavy atom. The van der Waals surface area contributed by atoms with E-state index in [9.17, 15) is 4.39 Å². The first-order chi connectivity index (χ1) is 9.72. The molecule has 2 atom stereocenters. The standard InChI is InChI=1S/C18H26FN/c1-13-6-3-2-4-9-18(13)20-17-11-15(12-17)14-7-5-8-16(19)10-14/h5,7-8,10,13,15,17-18,20H,2-4,6,9,11-12H2,1H3. The van der Waals surface area contributed by atoms with Crippen LogP contribution < -0.4 is 5.32 Å². The molecule has 0 aromatic heterocycles. The van der Waals surface area contributed by atoms with Crippen molar-refractivity contribution in [3.63, 3.8) is 0 Å². The van der Waals surface area contributed by atoms with Gasteiger partial charge >= 0.3 is 0 Å². The van der Waals surface area contributed by atoms with Crippen molar-refractivity contribution in [2.75, 3.05) is 0 Å². The molecule has 1 aromatic rings. The maximum absolute atomic E-state index is 13.2. The van der Waals surface area contributed by atoms with Gasteiger partial charge in [0.25, 0.3) is 0 Å². The van der Waals surface area contributed by atoms with Crippen LogP contribution in [0.5, 0.6) is 0 Å². The predicted molar refractivity (Wildman–Crippen MR) is 81.3 cm³/mol. The average Bonchev–Trinajstić information content (AvgIpc) is 2.58. The van der Waals surface area contributed by atoms with E-state index in [0.29, 0.717) is 18.0 Å². The van der Waals surface area contributed by atoms with Gasteiger partial charge in [-0.25, -0.2) is 4.39 Å². The van der Waals surface area contributed by atoms with Gasteiger partial charge in [-0.2, -0.15) is 0 Å². The lowest BCUT2D eigenvalue weighted by atomic mass is 9.75. The van der Waals surface area contributed by atoms with Gasteiger partial charge in [0, 0.05) is 12.1 Å². The van der Waals surface area contributed by atoms with Crippen molar-refractivity contribution in [1.82, 2.24) is 5.32 Å². The largest absolute Gasteiger partial charge is 0.311 e. The Morgan fingerprint density at radius 3 is 2.70 bits per heavy atom. The van der Waals surface area contributed by atoms with E-state index in [0.717, 1.165) is 5.92 Å². The Labute approximate surface area is 122 Å². The summed E-state index contributed by atoms with van der Waals surface area (Å²) >= 11 is 0. The fraction of sp³-hybridized carbons (Fsp3) is 0.667. The predicted octanol–water partition coefficient (Wildman–Crippen LogP) is 4.63. The van der Waals surface area contributed by atoms with Crippen LogP contribution in [0.1, 0.15) is 63.4 Å². The smallest absolute Gasteiger partial charge is 0.123 e. The van der Waals surface area contributed by atoms with Gasteiger partial charge in [-0.05, 0) is 55.2 Å². The van der Waals surface area contributed by atoms with Gasteiger partial charge < -0.3 is 5.32 Å². The number of hydrogen-bond acceptors (Lipinski definition) is 1. The third kappa shape index (κ3) is 3.22. The summed E-state index contributed by atoms with van der Waals surface area (Å²) in [5.41, 5.74) is 1.18. The second-order valence-corrected chi connectivity index (χ2v) is 6.81. The summed E-state index contributed by atoms with van der Waals surface area (Å²) in [7, 11) is 0. The molecule has 2 unspecified atom stereocenters. The molecule has 0 radical (unpaired) electrons. The van der Waals surface area contributed by atoms with Gasteiger partial charge in [0.1, 0.15) is 5.82 Å². The third-order valence-electron chi connectivity index (χ3n) is 5.27. The summed E-state index contributed by atoms with van der Waals surface area (Å²) < 4.78 is 13.2. The maximum Gasteiger partial charge on any atom is 0.123 e. The van der Waals surface area contributed by atoms with Gasteiger partial charge in [0.15, 0.2) is 0 Å². The lowest BCUT2D eigenvalue weighted by molar-refractivity contribution is 0.228. The molecule has 2 heteroatoms. The number of nitrogens with one attached hydrogen (secondary N) is 1. The van der Waals surface area contributed by atoms with E-state index < -0.39 is 0 Å². The Hall–Kier alpha value is -0.890.